The van der Waals surface area contributed by atoms with E-state index in [4.69, 9.17) is 4.74 Å². The fourth-order valence-corrected chi connectivity index (χ4v) is 2.86. The van der Waals surface area contributed by atoms with E-state index in [1.165, 1.54) is 0 Å². The van der Waals surface area contributed by atoms with Crippen LogP contribution in [0.4, 0.5) is 16.4 Å². The molecule has 3 rings (SSSR count). The summed E-state index contributed by atoms with van der Waals surface area (Å²) in [5.74, 6) is 1.55. The maximum Gasteiger partial charge on any atom is 0.409 e. The summed E-state index contributed by atoms with van der Waals surface area (Å²) in [7, 11) is 0. The average Bonchev–Trinajstić information content (AvgIpc) is 2.68. The van der Waals surface area contributed by atoms with Gasteiger partial charge in [-0.25, -0.2) is 14.8 Å². The average molecular weight is 356 g/mol. The molecule has 1 saturated heterocycles. The molecule has 0 radical (unpaired) electrons. The molecule has 1 fully saturated rings. The monoisotopic (exact) mass is 356 g/mol. The Labute approximate surface area is 153 Å². The van der Waals surface area contributed by atoms with Crippen molar-refractivity contribution in [3.63, 3.8) is 0 Å². The zero-order valence-corrected chi connectivity index (χ0v) is 14.9. The van der Waals surface area contributed by atoms with Gasteiger partial charge in [0, 0.05) is 44.1 Å². The van der Waals surface area contributed by atoms with Crippen LogP contribution in [0, 0.1) is 0 Å². The minimum Gasteiger partial charge on any atom is -0.450 e. The third-order valence-corrected chi connectivity index (χ3v) is 4.26. The minimum absolute atomic E-state index is 0.226. The van der Waals surface area contributed by atoms with Crippen LogP contribution in [0.25, 0.3) is 0 Å². The van der Waals surface area contributed by atoms with Crippen LogP contribution in [0.1, 0.15) is 25.3 Å². The molecule has 0 saturated carbocycles. The summed E-state index contributed by atoms with van der Waals surface area (Å²) in [6, 6.07) is 6.11. The molecule has 0 atom stereocenters. The van der Waals surface area contributed by atoms with Gasteiger partial charge in [-0.05, 0) is 37.5 Å². The molecule has 0 unspecified atom stereocenters. The van der Waals surface area contributed by atoms with E-state index in [-0.39, 0.29) is 12.1 Å². The zero-order chi connectivity index (χ0) is 18.2. The number of rotatable bonds is 6. The molecule has 1 aliphatic rings. The maximum atomic E-state index is 11.7. The van der Waals surface area contributed by atoms with Crippen molar-refractivity contribution < 1.29 is 9.53 Å². The number of nitrogens with one attached hydrogen (secondary N) is 2. The Balaban J connectivity index is 1.49. The van der Waals surface area contributed by atoms with Crippen molar-refractivity contribution in [1.82, 2.24) is 19.9 Å². The van der Waals surface area contributed by atoms with Gasteiger partial charge in [0.1, 0.15) is 18.0 Å². The number of amides is 1. The van der Waals surface area contributed by atoms with E-state index < -0.39 is 0 Å². The highest BCUT2D eigenvalue weighted by molar-refractivity contribution is 5.67. The number of likely N-dealkylation sites (tertiary alicyclic amines) is 1. The predicted octanol–water partition coefficient (Wildman–Crippen LogP) is 2.52. The number of aromatic nitrogens is 3. The van der Waals surface area contributed by atoms with E-state index in [1.807, 2.05) is 25.1 Å². The summed E-state index contributed by atoms with van der Waals surface area (Å²) in [4.78, 5) is 26.1. The SMILES string of the molecule is CCOC(=O)N1CCC(Nc2cc(NCc3ccncc3)ncn2)CC1. The first-order valence-corrected chi connectivity index (χ1v) is 8.87. The van der Waals surface area contributed by atoms with Gasteiger partial charge in [-0.2, -0.15) is 0 Å². The van der Waals surface area contributed by atoms with Crippen molar-refractivity contribution in [2.45, 2.75) is 32.4 Å². The molecule has 2 aromatic heterocycles. The van der Waals surface area contributed by atoms with E-state index in [1.54, 1.807) is 23.6 Å². The molecule has 0 spiro atoms. The zero-order valence-electron chi connectivity index (χ0n) is 14.9. The van der Waals surface area contributed by atoms with Crippen LogP contribution >= 0.6 is 0 Å². The van der Waals surface area contributed by atoms with Crippen LogP contribution in [0.15, 0.2) is 36.9 Å². The summed E-state index contributed by atoms with van der Waals surface area (Å²) < 4.78 is 5.05. The second-order valence-electron chi connectivity index (χ2n) is 6.10. The number of anilines is 2. The molecular formula is C18H24N6O2. The van der Waals surface area contributed by atoms with Gasteiger partial charge in [-0.1, -0.05) is 0 Å². The molecule has 1 amide bonds. The van der Waals surface area contributed by atoms with Crippen molar-refractivity contribution >= 4 is 17.7 Å². The fourth-order valence-electron chi connectivity index (χ4n) is 2.86. The summed E-state index contributed by atoms with van der Waals surface area (Å²) in [6.07, 6.45) is 6.59. The van der Waals surface area contributed by atoms with E-state index in [9.17, 15) is 4.79 Å². The van der Waals surface area contributed by atoms with Crippen LogP contribution in [-0.4, -0.2) is 51.7 Å². The number of carbonyl (C=O) groups is 1. The summed E-state index contributed by atoms with van der Waals surface area (Å²) in [5.41, 5.74) is 1.14. The molecule has 1 aliphatic heterocycles. The number of pyridine rings is 1. The van der Waals surface area contributed by atoms with Crippen LogP contribution in [-0.2, 0) is 11.3 Å². The Morgan fingerprint density at radius 1 is 1.23 bits per heavy atom. The van der Waals surface area contributed by atoms with E-state index in [0.717, 1.165) is 30.0 Å². The van der Waals surface area contributed by atoms with Crippen molar-refractivity contribution in [2.75, 3.05) is 30.3 Å². The van der Waals surface area contributed by atoms with Gasteiger partial charge in [0.05, 0.1) is 6.61 Å². The van der Waals surface area contributed by atoms with Gasteiger partial charge in [0.2, 0.25) is 0 Å². The quantitative estimate of drug-likeness (QED) is 0.821. The predicted molar refractivity (Wildman–Crippen MR) is 98.8 cm³/mol. The highest BCUT2D eigenvalue weighted by Gasteiger charge is 2.23. The Bertz CT molecular complexity index is 704. The first-order valence-electron chi connectivity index (χ1n) is 8.87. The number of hydrogen-bond donors (Lipinski definition) is 2. The molecule has 0 bridgehead atoms. The molecule has 2 aromatic rings. The molecular weight excluding hydrogens is 332 g/mol. The Kier molecular flexibility index (Phi) is 6.19. The van der Waals surface area contributed by atoms with Crippen LogP contribution in [0.5, 0.6) is 0 Å². The summed E-state index contributed by atoms with van der Waals surface area (Å²) >= 11 is 0. The highest BCUT2D eigenvalue weighted by atomic mass is 16.6. The summed E-state index contributed by atoms with van der Waals surface area (Å²) in [5, 5.41) is 6.72. The number of piperidine rings is 1. The largest absolute Gasteiger partial charge is 0.450 e. The lowest BCUT2D eigenvalue weighted by Gasteiger charge is -2.31. The number of ether oxygens (including phenoxy) is 1. The number of nitrogens with zero attached hydrogens (tertiary/aromatic N) is 4. The minimum atomic E-state index is -0.226. The van der Waals surface area contributed by atoms with Crippen molar-refractivity contribution in [2.24, 2.45) is 0 Å². The molecule has 26 heavy (non-hydrogen) atoms. The molecule has 3 heterocycles. The molecule has 8 heteroatoms. The van der Waals surface area contributed by atoms with Gasteiger partial charge < -0.3 is 20.3 Å². The summed E-state index contributed by atoms with van der Waals surface area (Å²) in [6.45, 7) is 4.29. The first kappa shape index (κ1) is 17.9. The number of carbonyl (C=O) groups excluding carboxylic acids is 1. The van der Waals surface area contributed by atoms with Gasteiger partial charge in [-0.3, -0.25) is 4.98 Å². The van der Waals surface area contributed by atoms with E-state index in [0.29, 0.717) is 26.2 Å². The Morgan fingerprint density at radius 3 is 2.69 bits per heavy atom. The lowest BCUT2D eigenvalue weighted by atomic mass is 10.1. The lowest BCUT2D eigenvalue weighted by Crippen LogP contribution is -2.42. The Hall–Kier alpha value is -2.90. The van der Waals surface area contributed by atoms with Crippen molar-refractivity contribution in [1.29, 1.82) is 0 Å². The molecule has 2 N–H and O–H groups in total. The van der Waals surface area contributed by atoms with E-state index >= 15 is 0 Å². The normalized spacial score (nSPS) is 14.7. The molecule has 138 valence electrons. The molecule has 0 aromatic carbocycles. The molecule has 0 aliphatic carbocycles. The molecule has 8 nitrogen and oxygen atoms in total. The second kappa shape index (κ2) is 8.98. The standard InChI is InChI=1S/C18H24N6O2/c1-2-26-18(25)24-9-5-15(6-10-24)23-17-11-16(21-13-22-17)20-12-14-3-7-19-8-4-14/h3-4,7-8,11,13,15H,2,5-6,9-10,12H2,1H3,(H2,20,21,22,23). The number of hydrogen-bond acceptors (Lipinski definition) is 7. The maximum absolute atomic E-state index is 11.7. The topological polar surface area (TPSA) is 92.3 Å². The lowest BCUT2D eigenvalue weighted by molar-refractivity contribution is 0.0983. The van der Waals surface area contributed by atoms with Gasteiger partial charge in [0.15, 0.2) is 0 Å². The van der Waals surface area contributed by atoms with E-state index in [2.05, 4.69) is 25.6 Å². The first-order chi connectivity index (χ1) is 12.7. The van der Waals surface area contributed by atoms with Crippen LogP contribution in [0.2, 0.25) is 0 Å². The third-order valence-electron chi connectivity index (χ3n) is 4.26. The highest BCUT2D eigenvalue weighted by Crippen LogP contribution is 2.17. The van der Waals surface area contributed by atoms with Gasteiger partial charge in [0.25, 0.3) is 0 Å². The van der Waals surface area contributed by atoms with Gasteiger partial charge in [-0.15, -0.1) is 0 Å². The van der Waals surface area contributed by atoms with Crippen LogP contribution < -0.4 is 10.6 Å². The smallest absolute Gasteiger partial charge is 0.409 e. The Morgan fingerprint density at radius 2 is 1.96 bits per heavy atom. The van der Waals surface area contributed by atoms with Gasteiger partial charge >= 0.3 is 6.09 Å². The third kappa shape index (κ3) is 5.05. The second-order valence-corrected chi connectivity index (χ2v) is 6.10. The van der Waals surface area contributed by atoms with Crippen LogP contribution in [0.3, 0.4) is 0 Å². The van der Waals surface area contributed by atoms with Crippen molar-refractivity contribution in [3.05, 3.63) is 42.5 Å². The fraction of sp³-hybridized carbons (Fsp3) is 0.444. The van der Waals surface area contributed by atoms with Crippen molar-refractivity contribution in [3.8, 4) is 0 Å².